The Hall–Kier alpha value is -1.13. The molecule has 0 heterocycles. The molecule has 0 fully saturated rings. The quantitative estimate of drug-likeness (QED) is 0.299. The zero-order valence-electron chi connectivity index (χ0n) is 6.75. The Balaban J connectivity index is 2.98. The van der Waals surface area contributed by atoms with Crippen LogP contribution in [0.3, 0.4) is 0 Å². The van der Waals surface area contributed by atoms with Gasteiger partial charge in [-0.15, -0.1) is 11.6 Å². The van der Waals surface area contributed by atoms with Crippen LogP contribution in [0.4, 0.5) is 5.69 Å². The minimum Gasteiger partial charge on any atom is -0.195 e. The molecule has 0 saturated heterocycles. The van der Waals surface area contributed by atoms with Crippen LogP contribution in [-0.2, 0) is 0 Å². The van der Waals surface area contributed by atoms with E-state index in [1.165, 1.54) is 0 Å². The predicted molar refractivity (Wildman–Crippen MR) is 58.7 cm³/mol. The molecule has 0 aliphatic carbocycles. The van der Waals surface area contributed by atoms with Gasteiger partial charge in [-0.3, -0.25) is 0 Å². The van der Waals surface area contributed by atoms with Crippen molar-refractivity contribution in [3.05, 3.63) is 29.8 Å². The summed E-state index contributed by atoms with van der Waals surface area (Å²) in [6, 6.07) is 7.43. The topological polar surface area (TPSA) is 12.4 Å². The van der Waals surface area contributed by atoms with Crippen molar-refractivity contribution in [1.29, 1.82) is 0 Å². The number of alkyl halides is 1. The monoisotopic (exact) mass is 207 g/mol. The summed E-state index contributed by atoms with van der Waals surface area (Å²) in [6.45, 7) is 0. The van der Waals surface area contributed by atoms with Gasteiger partial charge in [-0.25, -0.2) is 0 Å². The highest BCUT2D eigenvalue weighted by molar-refractivity contribution is 7.78. The van der Waals surface area contributed by atoms with Crippen LogP contribution in [0, 0.1) is 11.8 Å². The summed E-state index contributed by atoms with van der Waals surface area (Å²) in [5.74, 6) is 5.98. The fraction of sp³-hybridized carbons (Fsp3) is 0.100. The SMILES string of the molecule is S=C=Nc1cccc(C#CCCl)c1. The summed E-state index contributed by atoms with van der Waals surface area (Å²) in [4.78, 5) is 3.84. The second kappa shape index (κ2) is 5.50. The van der Waals surface area contributed by atoms with E-state index in [9.17, 15) is 0 Å². The first kappa shape index (κ1) is 9.95. The minimum absolute atomic E-state index is 0.334. The second-order valence-electron chi connectivity index (χ2n) is 2.19. The number of hydrogen-bond donors (Lipinski definition) is 0. The van der Waals surface area contributed by atoms with Gasteiger partial charge in [0.05, 0.1) is 16.7 Å². The van der Waals surface area contributed by atoms with Gasteiger partial charge in [0, 0.05) is 5.56 Å². The van der Waals surface area contributed by atoms with Crippen LogP contribution in [0.5, 0.6) is 0 Å². The molecule has 0 aliphatic rings. The first-order valence-corrected chi connectivity index (χ1v) is 4.54. The lowest BCUT2D eigenvalue weighted by atomic mass is 10.2. The molecule has 0 unspecified atom stereocenters. The molecule has 0 radical (unpaired) electrons. The molecular formula is C10H6ClNS. The Bertz CT molecular complexity index is 397. The average molecular weight is 208 g/mol. The molecule has 0 saturated carbocycles. The van der Waals surface area contributed by atoms with Crippen molar-refractivity contribution in [2.75, 3.05) is 5.88 Å². The van der Waals surface area contributed by atoms with Gasteiger partial charge in [0.15, 0.2) is 0 Å². The number of hydrogen-bond acceptors (Lipinski definition) is 2. The maximum absolute atomic E-state index is 5.43. The zero-order valence-corrected chi connectivity index (χ0v) is 8.32. The maximum Gasteiger partial charge on any atom is 0.0839 e. The van der Waals surface area contributed by atoms with Gasteiger partial charge in [-0.05, 0) is 30.4 Å². The van der Waals surface area contributed by atoms with E-state index in [1.807, 2.05) is 24.3 Å². The molecule has 0 N–H and O–H groups in total. The lowest BCUT2D eigenvalue weighted by Gasteiger charge is -1.91. The van der Waals surface area contributed by atoms with Crippen LogP contribution < -0.4 is 0 Å². The fourth-order valence-electron chi connectivity index (χ4n) is 0.841. The maximum atomic E-state index is 5.43. The molecule has 0 amide bonds. The molecule has 0 atom stereocenters. The highest BCUT2D eigenvalue weighted by Gasteiger charge is 1.89. The van der Waals surface area contributed by atoms with Crippen LogP contribution >= 0.6 is 23.8 Å². The number of benzene rings is 1. The molecule has 0 aromatic heterocycles. The highest BCUT2D eigenvalue weighted by Crippen LogP contribution is 2.12. The van der Waals surface area contributed by atoms with Crippen LogP contribution in [0.25, 0.3) is 0 Å². The largest absolute Gasteiger partial charge is 0.195 e. The zero-order chi connectivity index (χ0) is 9.52. The molecule has 3 heteroatoms. The number of thiocarbonyl (C=S) groups is 1. The summed E-state index contributed by atoms with van der Waals surface area (Å²) in [6.07, 6.45) is 0. The van der Waals surface area contributed by atoms with Gasteiger partial charge in [0.25, 0.3) is 0 Å². The van der Waals surface area contributed by atoms with Crippen LogP contribution in [-0.4, -0.2) is 11.0 Å². The summed E-state index contributed by atoms with van der Waals surface area (Å²) in [5, 5.41) is 2.30. The normalized spacial score (nSPS) is 8.08. The first-order valence-electron chi connectivity index (χ1n) is 3.59. The molecule has 13 heavy (non-hydrogen) atoms. The van der Waals surface area contributed by atoms with Gasteiger partial charge in [0.1, 0.15) is 0 Å². The molecule has 1 aromatic carbocycles. The van der Waals surface area contributed by atoms with Crippen LogP contribution in [0.1, 0.15) is 5.56 Å². The standard InChI is InChI=1S/C10H6ClNS/c11-6-2-4-9-3-1-5-10(7-9)12-8-13/h1,3,5,7H,6H2. The average Bonchev–Trinajstić information content (AvgIpc) is 2.16. The van der Waals surface area contributed by atoms with Crippen LogP contribution in [0.15, 0.2) is 29.3 Å². The van der Waals surface area contributed by atoms with E-state index in [0.29, 0.717) is 5.88 Å². The predicted octanol–water partition coefficient (Wildman–Crippen LogP) is 3.01. The van der Waals surface area contributed by atoms with E-state index in [4.69, 9.17) is 11.6 Å². The molecule has 0 bridgehead atoms. The number of aliphatic imine (C=N–C) groups is 1. The lowest BCUT2D eigenvalue weighted by molar-refractivity contribution is 1.53. The van der Waals surface area contributed by atoms with Crippen molar-refractivity contribution in [2.45, 2.75) is 0 Å². The van der Waals surface area contributed by atoms with Gasteiger partial charge in [-0.1, -0.05) is 17.9 Å². The first-order chi connectivity index (χ1) is 6.36. The molecule has 1 rings (SSSR count). The Morgan fingerprint density at radius 2 is 2.31 bits per heavy atom. The molecule has 0 spiro atoms. The summed E-state index contributed by atoms with van der Waals surface area (Å²) in [5.41, 5.74) is 1.64. The third-order valence-corrected chi connectivity index (χ3v) is 1.55. The Kier molecular flexibility index (Phi) is 4.21. The molecule has 1 aromatic rings. The third-order valence-electron chi connectivity index (χ3n) is 1.32. The minimum atomic E-state index is 0.334. The summed E-state index contributed by atoms with van der Waals surface area (Å²) < 4.78 is 0. The number of rotatable bonds is 1. The Labute approximate surface area is 87.4 Å². The van der Waals surface area contributed by atoms with E-state index in [0.717, 1.165) is 11.3 Å². The Morgan fingerprint density at radius 1 is 1.46 bits per heavy atom. The van der Waals surface area contributed by atoms with Crippen molar-refractivity contribution in [3.63, 3.8) is 0 Å². The van der Waals surface area contributed by atoms with Gasteiger partial charge >= 0.3 is 0 Å². The Morgan fingerprint density at radius 3 is 3.00 bits per heavy atom. The van der Waals surface area contributed by atoms with Gasteiger partial charge in [-0.2, -0.15) is 4.99 Å². The van der Waals surface area contributed by atoms with E-state index in [-0.39, 0.29) is 0 Å². The summed E-state index contributed by atoms with van der Waals surface area (Å²) in [7, 11) is 0. The summed E-state index contributed by atoms with van der Waals surface area (Å²) >= 11 is 9.92. The molecular weight excluding hydrogens is 202 g/mol. The number of isothiocyanates is 1. The number of halogens is 1. The van der Waals surface area contributed by atoms with E-state index in [1.54, 1.807) is 0 Å². The van der Waals surface area contributed by atoms with Crippen molar-refractivity contribution < 1.29 is 0 Å². The van der Waals surface area contributed by atoms with Gasteiger partial charge < -0.3 is 0 Å². The molecule has 0 aliphatic heterocycles. The highest BCUT2D eigenvalue weighted by atomic mass is 35.5. The third kappa shape index (κ3) is 3.40. The van der Waals surface area contributed by atoms with E-state index in [2.05, 4.69) is 34.2 Å². The second-order valence-corrected chi connectivity index (χ2v) is 2.64. The lowest BCUT2D eigenvalue weighted by Crippen LogP contribution is -1.73. The van der Waals surface area contributed by atoms with E-state index < -0.39 is 0 Å². The van der Waals surface area contributed by atoms with Crippen molar-refractivity contribution >= 4 is 34.7 Å². The van der Waals surface area contributed by atoms with E-state index >= 15 is 0 Å². The molecule has 1 nitrogen and oxygen atoms in total. The van der Waals surface area contributed by atoms with Crippen molar-refractivity contribution in [2.24, 2.45) is 4.99 Å². The van der Waals surface area contributed by atoms with Crippen LogP contribution in [0.2, 0.25) is 0 Å². The smallest absolute Gasteiger partial charge is 0.0839 e. The van der Waals surface area contributed by atoms with Crippen molar-refractivity contribution in [1.82, 2.24) is 0 Å². The van der Waals surface area contributed by atoms with Gasteiger partial charge in [0.2, 0.25) is 0 Å². The fourth-order valence-corrected chi connectivity index (χ4v) is 1.01. The molecule has 64 valence electrons. The number of nitrogens with zero attached hydrogens (tertiary/aromatic N) is 1. The van der Waals surface area contributed by atoms with Crippen molar-refractivity contribution in [3.8, 4) is 11.8 Å².